The number of anilines is 1. The number of fused-ring (bicyclic) bond motifs is 1. The highest BCUT2D eigenvalue weighted by Gasteiger charge is 2.43. The van der Waals surface area contributed by atoms with Gasteiger partial charge in [0.15, 0.2) is 0 Å². The third-order valence-corrected chi connectivity index (χ3v) is 6.11. The predicted octanol–water partition coefficient (Wildman–Crippen LogP) is 4.45. The molecule has 154 valence electrons. The second-order valence-corrected chi connectivity index (χ2v) is 7.99. The quantitative estimate of drug-likeness (QED) is 0.702. The number of carbonyl (C=O) groups excluding carboxylic acids is 2. The van der Waals surface area contributed by atoms with Crippen molar-refractivity contribution in [1.29, 1.82) is 0 Å². The molecule has 2 heterocycles. The van der Waals surface area contributed by atoms with E-state index in [1.54, 1.807) is 18.0 Å². The number of carbonyl (C=O) groups is 2. The van der Waals surface area contributed by atoms with Crippen LogP contribution in [0.1, 0.15) is 51.6 Å². The summed E-state index contributed by atoms with van der Waals surface area (Å²) in [5.74, 6) is -0.678. The molecule has 1 aliphatic rings. The molecule has 0 fully saturated rings. The fourth-order valence-electron chi connectivity index (χ4n) is 4.28. The third kappa shape index (κ3) is 3.41. The van der Waals surface area contributed by atoms with Crippen LogP contribution in [0.5, 0.6) is 0 Å². The topological polar surface area (TPSA) is 54.3 Å². The van der Waals surface area contributed by atoms with Gasteiger partial charge in [0.05, 0.1) is 12.0 Å². The van der Waals surface area contributed by atoms with Gasteiger partial charge in [0.2, 0.25) is 5.91 Å². The second kappa shape index (κ2) is 7.82. The van der Waals surface area contributed by atoms with E-state index >= 15 is 0 Å². The summed E-state index contributed by atoms with van der Waals surface area (Å²) < 4.78 is 2.02. The van der Waals surface area contributed by atoms with E-state index in [-0.39, 0.29) is 17.9 Å². The van der Waals surface area contributed by atoms with Gasteiger partial charge in [0.1, 0.15) is 0 Å². The molecular formula is C25H27N3O2. The van der Waals surface area contributed by atoms with Crippen LogP contribution in [0.15, 0.2) is 60.8 Å². The first-order valence-corrected chi connectivity index (χ1v) is 10.3. The number of nitrogens with zero attached hydrogens (tertiary/aromatic N) is 2. The number of nitrogens with one attached hydrogen (secondary N) is 1. The molecule has 0 saturated heterocycles. The second-order valence-electron chi connectivity index (χ2n) is 7.99. The van der Waals surface area contributed by atoms with Crippen LogP contribution < -0.4 is 5.32 Å². The van der Waals surface area contributed by atoms with E-state index in [2.05, 4.69) is 18.3 Å². The Kier molecular flexibility index (Phi) is 5.20. The van der Waals surface area contributed by atoms with Crippen LogP contribution in [-0.4, -0.2) is 28.3 Å². The number of aromatic nitrogens is 1. The van der Waals surface area contributed by atoms with Gasteiger partial charge >= 0.3 is 0 Å². The zero-order chi connectivity index (χ0) is 21.4. The first-order chi connectivity index (χ1) is 14.4. The maximum absolute atomic E-state index is 13.6. The van der Waals surface area contributed by atoms with E-state index in [1.165, 1.54) is 5.56 Å². The van der Waals surface area contributed by atoms with Gasteiger partial charge in [-0.3, -0.25) is 9.59 Å². The summed E-state index contributed by atoms with van der Waals surface area (Å²) in [6.45, 7) is 4.12. The number of rotatable bonds is 4. The molecule has 1 aromatic heterocycles. The summed E-state index contributed by atoms with van der Waals surface area (Å²) in [5.41, 5.74) is 5.39. The number of hydrogen-bond donors (Lipinski definition) is 1. The van der Waals surface area contributed by atoms with Gasteiger partial charge in [-0.25, -0.2) is 0 Å². The summed E-state index contributed by atoms with van der Waals surface area (Å²) in [6, 6.07) is 17.0. The molecule has 1 aliphatic heterocycles. The summed E-state index contributed by atoms with van der Waals surface area (Å²) in [4.78, 5) is 28.3. The zero-order valence-electron chi connectivity index (χ0n) is 17.8. The Morgan fingerprint density at radius 1 is 1.07 bits per heavy atom. The lowest BCUT2D eigenvalue weighted by molar-refractivity contribution is -0.119. The minimum atomic E-state index is -0.503. The van der Waals surface area contributed by atoms with Crippen LogP contribution in [0, 0.1) is 6.92 Å². The Bertz CT molecular complexity index is 1080. The minimum absolute atomic E-state index is 0.0616. The maximum Gasteiger partial charge on any atom is 0.254 e. The Morgan fingerprint density at radius 3 is 2.40 bits per heavy atom. The molecule has 0 spiro atoms. The molecule has 5 nitrogen and oxygen atoms in total. The number of amides is 2. The summed E-state index contributed by atoms with van der Waals surface area (Å²) in [7, 11) is 3.75. The lowest BCUT2D eigenvalue weighted by atomic mass is 9.80. The molecule has 0 bridgehead atoms. The first-order valence-electron chi connectivity index (χ1n) is 10.3. The predicted molar refractivity (Wildman–Crippen MR) is 119 cm³/mol. The van der Waals surface area contributed by atoms with Crippen molar-refractivity contribution in [3.8, 4) is 0 Å². The minimum Gasteiger partial charge on any atom is -0.354 e. The fourth-order valence-corrected chi connectivity index (χ4v) is 4.28. The highest BCUT2D eigenvalue weighted by molar-refractivity contribution is 6.04. The summed E-state index contributed by atoms with van der Waals surface area (Å²) >= 11 is 0. The average Bonchev–Trinajstić information content (AvgIpc) is 3.08. The number of benzene rings is 2. The Hall–Kier alpha value is -3.34. The maximum atomic E-state index is 13.6. The van der Waals surface area contributed by atoms with Crippen LogP contribution in [0.25, 0.3) is 0 Å². The van der Waals surface area contributed by atoms with Crippen molar-refractivity contribution in [3.63, 3.8) is 0 Å². The van der Waals surface area contributed by atoms with Crippen molar-refractivity contribution in [2.75, 3.05) is 12.4 Å². The molecule has 4 rings (SSSR count). The molecule has 0 aliphatic carbocycles. The van der Waals surface area contributed by atoms with E-state index in [9.17, 15) is 9.59 Å². The standard InChI is InChI=1S/C25H27N3O2/c1-5-17-10-12-19(13-11-17)26-24(29)22-20-8-6-7-9-21(20)25(30)28(4)23(22)18-14-16(2)27(3)15-18/h6-15,22-23H,5H2,1-4H3,(H,26,29). The molecule has 3 aromatic rings. The van der Waals surface area contributed by atoms with Crippen LogP contribution in [0.2, 0.25) is 0 Å². The molecule has 0 saturated carbocycles. The highest BCUT2D eigenvalue weighted by Crippen LogP contribution is 2.42. The van der Waals surface area contributed by atoms with Crippen molar-refractivity contribution >= 4 is 17.5 Å². The molecule has 0 radical (unpaired) electrons. The zero-order valence-corrected chi connectivity index (χ0v) is 17.8. The van der Waals surface area contributed by atoms with Gasteiger partial charge in [-0.05, 0) is 54.3 Å². The molecular weight excluding hydrogens is 374 g/mol. The van der Waals surface area contributed by atoms with Gasteiger partial charge < -0.3 is 14.8 Å². The van der Waals surface area contributed by atoms with Crippen molar-refractivity contribution in [3.05, 3.63) is 88.7 Å². The Morgan fingerprint density at radius 2 is 1.77 bits per heavy atom. The number of likely N-dealkylation sites (N-methyl/N-ethyl adjacent to an activating group) is 1. The average molecular weight is 402 g/mol. The lowest BCUT2D eigenvalue weighted by Gasteiger charge is -2.39. The molecule has 2 aromatic carbocycles. The summed E-state index contributed by atoms with van der Waals surface area (Å²) in [6.07, 6.45) is 2.96. The number of hydrogen-bond acceptors (Lipinski definition) is 2. The molecule has 5 heteroatoms. The molecule has 2 atom stereocenters. The van der Waals surface area contributed by atoms with E-state index < -0.39 is 5.92 Å². The fraction of sp³-hybridized carbons (Fsp3) is 0.280. The van der Waals surface area contributed by atoms with E-state index in [1.807, 2.05) is 67.2 Å². The number of aryl methyl sites for hydroxylation is 3. The van der Waals surface area contributed by atoms with Crippen LogP contribution in [0.4, 0.5) is 5.69 Å². The van der Waals surface area contributed by atoms with Gasteiger partial charge in [-0.2, -0.15) is 0 Å². The third-order valence-electron chi connectivity index (χ3n) is 6.11. The van der Waals surface area contributed by atoms with Crippen molar-refractivity contribution in [1.82, 2.24) is 9.47 Å². The van der Waals surface area contributed by atoms with Crippen molar-refractivity contribution in [2.45, 2.75) is 32.2 Å². The van der Waals surface area contributed by atoms with Crippen LogP contribution in [0.3, 0.4) is 0 Å². The SMILES string of the molecule is CCc1ccc(NC(=O)C2c3ccccc3C(=O)N(C)C2c2cc(C)n(C)c2)cc1. The van der Waals surface area contributed by atoms with E-state index in [0.29, 0.717) is 5.56 Å². The normalized spacial score (nSPS) is 18.3. The van der Waals surface area contributed by atoms with Crippen molar-refractivity contribution < 1.29 is 9.59 Å². The molecule has 2 amide bonds. The van der Waals surface area contributed by atoms with Gasteiger partial charge in [0.25, 0.3) is 5.91 Å². The Labute approximate surface area is 177 Å². The largest absolute Gasteiger partial charge is 0.354 e. The smallest absolute Gasteiger partial charge is 0.254 e. The summed E-state index contributed by atoms with van der Waals surface area (Å²) in [5, 5.41) is 3.08. The molecule has 1 N–H and O–H groups in total. The molecule has 2 unspecified atom stereocenters. The van der Waals surface area contributed by atoms with Gasteiger partial charge in [-0.1, -0.05) is 37.3 Å². The lowest BCUT2D eigenvalue weighted by Crippen LogP contribution is -2.43. The van der Waals surface area contributed by atoms with Gasteiger partial charge in [-0.15, -0.1) is 0 Å². The van der Waals surface area contributed by atoms with E-state index in [4.69, 9.17) is 0 Å². The first kappa shape index (κ1) is 20.0. The van der Waals surface area contributed by atoms with Crippen LogP contribution in [-0.2, 0) is 18.3 Å². The van der Waals surface area contributed by atoms with Gasteiger partial charge in [0, 0.05) is 37.2 Å². The van der Waals surface area contributed by atoms with Crippen molar-refractivity contribution in [2.24, 2.45) is 7.05 Å². The Balaban J connectivity index is 1.77. The van der Waals surface area contributed by atoms with Crippen LogP contribution >= 0.6 is 0 Å². The van der Waals surface area contributed by atoms with E-state index in [0.717, 1.165) is 28.9 Å². The monoisotopic (exact) mass is 401 g/mol. The molecule has 30 heavy (non-hydrogen) atoms. The highest BCUT2D eigenvalue weighted by atomic mass is 16.2.